The highest BCUT2D eigenvalue weighted by Crippen LogP contribution is 2.12. The van der Waals surface area contributed by atoms with E-state index in [1.807, 2.05) is 54.4 Å². The largest absolute Gasteiger partial charge is 0.497 e. The maximum atomic E-state index is 11.7. The predicted octanol–water partition coefficient (Wildman–Crippen LogP) is 2.88. The Balaban J connectivity index is 0.00000364. The predicted molar refractivity (Wildman–Crippen MR) is 120 cm³/mol. The third-order valence-electron chi connectivity index (χ3n) is 4.02. The number of nitrogens with one attached hydrogen (secondary N) is 2. The number of ether oxygens (including phenoxy) is 1. The average Bonchev–Trinajstić information content (AvgIpc) is 2.68. The van der Waals surface area contributed by atoms with E-state index in [-0.39, 0.29) is 29.9 Å². The smallest absolute Gasteiger partial charge is 0.251 e. The summed E-state index contributed by atoms with van der Waals surface area (Å²) in [6.07, 6.45) is 0. The summed E-state index contributed by atoms with van der Waals surface area (Å²) in [5.74, 6) is 1.54. The molecule has 0 radical (unpaired) electrons. The molecule has 27 heavy (non-hydrogen) atoms. The maximum Gasteiger partial charge on any atom is 0.251 e. The molecule has 0 heterocycles. The first-order valence-electron chi connectivity index (χ1n) is 8.43. The number of rotatable bonds is 6. The van der Waals surface area contributed by atoms with Gasteiger partial charge >= 0.3 is 0 Å². The molecule has 0 aromatic heterocycles. The summed E-state index contributed by atoms with van der Waals surface area (Å²) in [4.78, 5) is 18.1. The van der Waals surface area contributed by atoms with Crippen LogP contribution in [-0.2, 0) is 13.1 Å². The number of halogens is 1. The molecule has 2 N–H and O–H groups in total. The number of hydrogen-bond acceptors (Lipinski definition) is 3. The molecule has 0 atom stereocenters. The lowest BCUT2D eigenvalue weighted by molar-refractivity contribution is 0.0963. The first-order valence-corrected chi connectivity index (χ1v) is 8.43. The van der Waals surface area contributed by atoms with Gasteiger partial charge < -0.3 is 20.3 Å². The monoisotopic (exact) mass is 482 g/mol. The van der Waals surface area contributed by atoms with Crippen LogP contribution < -0.4 is 15.4 Å². The third kappa shape index (κ3) is 6.74. The number of methoxy groups -OCH3 is 1. The minimum atomic E-state index is -0.0899. The number of guanidine groups is 1. The molecule has 1 amide bonds. The Hall–Kier alpha value is -2.29. The highest BCUT2D eigenvalue weighted by molar-refractivity contribution is 14.0. The highest BCUT2D eigenvalue weighted by atomic mass is 127. The van der Waals surface area contributed by atoms with Crippen LogP contribution in [0.3, 0.4) is 0 Å². The summed E-state index contributed by atoms with van der Waals surface area (Å²) in [5, 5.41) is 5.97. The molecule has 7 heteroatoms. The summed E-state index contributed by atoms with van der Waals surface area (Å²) >= 11 is 0. The molecule has 146 valence electrons. The molecule has 0 aliphatic rings. The number of carbonyl (C=O) groups is 1. The number of nitrogens with zero attached hydrogens (tertiary/aromatic N) is 2. The van der Waals surface area contributed by atoms with Gasteiger partial charge in [0.05, 0.1) is 7.11 Å². The summed E-state index contributed by atoms with van der Waals surface area (Å²) in [6, 6.07) is 15.5. The van der Waals surface area contributed by atoms with Gasteiger partial charge in [0.15, 0.2) is 5.96 Å². The van der Waals surface area contributed by atoms with E-state index in [0.29, 0.717) is 12.1 Å². The van der Waals surface area contributed by atoms with E-state index >= 15 is 0 Å². The standard InChI is InChI=1S/C20H26N4O2.HI/c1-21-19(25)17-7-5-6-16(12-17)13-23-20(22-2)24(3)14-15-8-10-18(26-4)11-9-15;/h5-12H,13-14H2,1-4H3,(H,21,25)(H,22,23);1H. The van der Waals surface area contributed by atoms with Gasteiger partial charge in [0.1, 0.15) is 5.75 Å². The molecule has 0 aliphatic carbocycles. The highest BCUT2D eigenvalue weighted by Gasteiger charge is 2.08. The fourth-order valence-electron chi connectivity index (χ4n) is 2.61. The van der Waals surface area contributed by atoms with E-state index in [2.05, 4.69) is 15.6 Å². The lowest BCUT2D eigenvalue weighted by Gasteiger charge is -2.22. The van der Waals surface area contributed by atoms with Crippen molar-refractivity contribution >= 4 is 35.8 Å². The number of hydrogen-bond donors (Lipinski definition) is 2. The fourth-order valence-corrected chi connectivity index (χ4v) is 2.61. The zero-order valence-corrected chi connectivity index (χ0v) is 18.5. The van der Waals surface area contributed by atoms with Crippen LogP contribution in [0.2, 0.25) is 0 Å². The molecule has 0 spiro atoms. The van der Waals surface area contributed by atoms with Crippen LogP contribution in [0.5, 0.6) is 5.75 Å². The molecule has 0 aliphatic heterocycles. The van der Waals surface area contributed by atoms with Crippen molar-refractivity contribution in [3.8, 4) is 5.75 Å². The van der Waals surface area contributed by atoms with Crippen molar-refractivity contribution in [2.75, 3.05) is 28.3 Å². The maximum absolute atomic E-state index is 11.7. The van der Waals surface area contributed by atoms with Gasteiger partial charge in [-0.05, 0) is 35.4 Å². The Kier molecular flexibility index (Phi) is 9.63. The van der Waals surface area contributed by atoms with Crippen molar-refractivity contribution in [1.82, 2.24) is 15.5 Å². The number of benzene rings is 2. The van der Waals surface area contributed by atoms with Crippen molar-refractivity contribution in [2.24, 2.45) is 4.99 Å². The van der Waals surface area contributed by atoms with Gasteiger partial charge in [0.25, 0.3) is 5.91 Å². The van der Waals surface area contributed by atoms with Gasteiger partial charge in [-0.3, -0.25) is 9.79 Å². The second-order valence-electron chi connectivity index (χ2n) is 5.88. The molecule has 0 bridgehead atoms. The van der Waals surface area contributed by atoms with Gasteiger partial charge in [0.2, 0.25) is 0 Å². The first-order chi connectivity index (χ1) is 12.6. The van der Waals surface area contributed by atoms with Crippen molar-refractivity contribution in [1.29, 1.82) is 0 Å². The lowest BCUT2D eigenvalue weighted by Crippen LogP contribution is -2.38. The molecular formula is C20H27IN4O2. The van der Waals surface area contributed by atoms with Gasteiger partial charge in [-0.2, -0.15) is 0 Å². The topological polar surface area (TPSA) is 66.0 Å². The second-order valence-corrected chi connectivity index (χ2v) is 5.88. The van der Waals surface area contributed by atoms with Crippen LogP contribution in [0.25, 0.3) is 0 Å². The summed E-state index contributed by atoms with van der Waals surface area (Å²) in [6.45, 7) is 1.31. The first kappa shape index (κ1) is 22.8. The van der Waals surface area contributed by atoms with Crippen LogP contribution in [0.4, 0.5) is 0 Å². The summed E-state index contributed by atoms with van der Waals surface area (Å²) in [7, 11) is 7.03. The molecule has 2 rings (SSSR count). The van der Waals surface area contributed by atoms with E-state index < -0.39 is 0 Å². The minimum Gasteiger partial charge on any atom is -0.497 e. The van der Waals surface area contributed by atoms with Crippen molar-refractivity contribution < 1.29 is 9.53 Å². The molecule has 0 fully saturated rings. The summed E-state index contributed by atoms with van der Waals surface area (Å²) < 4.78 is 5.19. The average molecular weight is 482 g/mol. The number of aliphatic imine (C=N–C) groups is 1. The molecule has 0 saturated carbocycles. The molecule has 6 nitrogen and oxygen atoms in total. The van der Waals surface area contributed by atoms with Crippen LogP contribution in [0.15, 0.2) is 53.5 Å². The normalized spacial score (nSPS) is 10.6. The zero-order chi connectivity index (χ0) is 18.9. The number of carbonyl (C=O) groups excluding carboxylic acids is 1. The quantitative estimate of drug-likeness (QED) is 0.378. The van der Waals surface area contributed by atoms with Crippen LogP contribution in [0, 0.1) is 0 Å². The van der Waals surface area contributed by atoms with Crippen molar-refractivity contribution in [3.63, 3.8) is 0 Å². The third-order valence-corrected chi connectivity index (χ3v) is 4.02. The minimum absolute atomic E-state index is 0. The molecular weight excluding hydrogens is 455 g/mol. The molecule has 2 aromatic rings. The van der Waals surface area contributed by atoms with Crippen LogP contribution in [-0.4, -0.2) is 45.0 Å². The van der Waals surface area contributed by atoms with Gasteiger partial charge in [-0.1, -0.05) is 24.3 Å². The molecule has 0 unspecified atom stereocenters. The van der Waals surface area contributed by atoms with Gasteiger partial charge in [0, 0.05) is 39.8 Å². The molecule has 0 saturated heterocycles. The number of amides is 1. The molecule has 2 aromatic carbocycles. The Morgan fingerprint density at radius 3 is 2.44 bits per heavy atom. The van der Waals surface area contributed by atoms with E-state index in [9.17, 15) is 4.79 Å². The van der Waals surface area contributed by atoms with E-state index in [1.165, 1.54) is 0 Å². The lowest BCUT2D eigenvalue weighted by atomic mass is 10.1. The van der Waals surface area contributed by atoms with Gasteiger partial charge in [-0.25, -0.2) is 0 Å². The van der Waals surface area contributed by atoms with E-state index in [1.54, 1.807) is 27.3 Å². The van der Waals surface area contributed by atoms with Crippen LogP contribution in [0.1, 0.15) is 21.5 Å². The Bertz CT molecular complexity index is 763. The zero-order valence-electron chi connectivity index (χ0n) is 16.2. The van der Waals surface area contributed by atoms with Crippen molar-refractivity contribution in [3.05, 3.63) is 65.2 Å². The Morgan fingerprint density at radius 1 is 1.15 bits per heavy atom. The van der Waals surface area contributed by atoms with E-state index in [4.69, 9.17) is 4.74 Å². The second kappa shape index (κ2) is 11.4. The Labute approximate surface area is 178 Å². The SMILES string of the molecule is CN=C(NCc1cccc(C(=O)NC)c1)N(C)Cc1ccc(OC)cc1.I. The summed E-state index contributed by atoms with van der Waals surface area (Å²) in [5.41, 5.74) is 2.83. The van der Waals surface area contributed by atoms with Crippen molar-refractivity contribution in [2.45, 2.75) is 13.1 Å². The Morgan fingerprint density at radius 2 is 1.85 bits per heavy atom. The van der Waals surface area contributed by atoms with Crippen LogP contribution >= 0.6 is 24.0 Å². The fraction of sp³-hybridized carbons (Fsp3) is 0.300. The van der Waals surface area contributed by atoms with E-state index in [0.717, 1.165) is 29.4 Å². The van der Waals surface area contributed by atoms with Gasteiger partial charge in [-0.15, -0.1) is 24.0 Å².